The van der Waals surface area contributed by atoms with Crippen LogP contribution in [0, 0.1) is 11.8 Å². The highest BCUT2D eigenvalue weighted by molar-refractivity contribution is 5.12. The van der Waals surface area contributed by atoms with Crippen molar-refractivity contribution in [1.82, 2.24) is 5.32 Å². The maximum Gasteiger partial charge on any atom is 0.250 e. The molecule has 2 aliphatic rings. The Hall–Kier alpha value is -0.440. The number of fused-ring (bicyclic) bond motifs is 1. The molecule has 2 rings (SSSR count). The van der Waals surface area contributed by atoms with Gasteiger partial charge in [0.2, 0.25) is 0 Å². The molecular formula is C9H13F2N. The maximum atomic E-state index is 11.8. The smallest absolute Gasteiger partial charge is 0.250 e. The van der Waals surface area contributed by atoms with E-state index < -0.39 is 6.43 Å². The van der Waals surface area contributed by atoms with Gasteiger partial charge in [-0.15, -0.1) is 0 Å². The Balaban J connectivity index is 1.74. The van der Waals surface area contributed by atoms with E-state index in [4.69, 9.17) is 0 Å². The molecule has 68 valence electrons. The van der Waals surface area contributed by atoms with Gasteiger partial charge in [-0.3, -0.25) is 0 Å². The molecule has 0 amide bonds. The lowest BCUT2D eigenvalue weighted by molar-refractivity contribution is 0.106. The number of rotatable bonds is 3. The van der Waals surface area contributed by atoms with Crippen LogP contribution < -0.4 is 5.32 Å². The van der Waals surface area contributed by atoms with Gasteiger partial charge in [0.1, 0.15) is 0 Å². The lowest BCUT2D eigenvalue weighted by Gasteiger charge is -2.40. The van der Waals surface area contributed by atoms with Gasteiger partial charge in [-0.05, 0) is 24.7 Å². The van der Waals surface area contributed by atoms with E-state index in [1.807, 2.05) is 0 Å². The number of hydrogen-bond donors (Lipinski definition) is 1. The lowest BCUT2D eigenvalue weighted by atomic mass is 9.71. The fourth-order valence-corrected chi connectivity index (χ4v) is 2.19. The molecule has 0 aromatic heterocycles. The first-order valence-corrected chi connectivity index (χ1v) is 4.45. The van der Waals surface area contributed by atoms with Gasteiger partial charge in [0.15, 0.2) is 0 Å². The molecule has 1 fully saturated rings. The van der Waals surface area contributed by atoms with E-state index >= 15 is 0 Å². The minimum absolute atomic E-state index is 0.151. The summed E-state index contributed by atoms with van der Waals surface area (Å²) in [5.41, 5.74) is 0. The van der Waals surface area contributed by atoms with Crippen molar-refractivity contribution >= 4 is 0 Å². The summed E-state index contributed by atoms with van der Waals surface area (Å²) in [6.07, 6.45) is 4.34. The molecular weight excluding hydrogens is 160 g/mol. The van der Waals surface area contributed by atoms with Crippen molar-refractivity contribution in [3.63, 3.8) is 0 Å². The SMILES string of the molecule is FC(F)CNC1CC2CC=CC21. The molecule has 0 spiro atoms. The van der Waals surface area contributed by atoms with Gasteiger partial charge in [0.05, 0.1) is 6.54 Å². The summed E-state index contributed by atoms with van der Waals surface area (Å²) in [6.45, 7) is -0.151. The molecule has 1 nitrogen and oxygen atoms in total. The molecule has 0 radical (unpaired) electrons. The molecule has 0 aromatic carbocycles. The molecule has 0 bridgehead atoms. The molecule has 0 aliphatic heterocycles. The van der Waals surface area contributed by atoms with Crippen molar-refractivity contribution in [3.05, 3.63) is 12.2 Å². The van der Waals surface area contributed by atoms with Gasteiger partial charge in [0.25, 0.3) is 6.43 Å². The molecule has 0 saturated heterocycles. The predicted molar refractivity (Wildman–Crippen MR) is 43.1 cm³/mol. The topological polar surface area (TPSA) is 12.0 Å². The van der Waals surface area contributed by atoms with Gasteiger partial charge in [-0.25, -0.2) is 8.78 Å². The van der Waals surface area contributed by atoms with E-state index in [9.17, 15) is 8.78 Å². The Morgan fingerprint density at radius 3 is 3.00 bits per heavy atom. The fourth-order valence-electron chi connectivity index (χ4n) is 2.19. The van der Waals surface area contributed by atoms with Crippen molar-refractivity contribution in [1.29, 1.82) is 0 Å². The molecule has 2 aliphatic carbocycles. The summed E-state index contributed by atoms with van der Waals surface area (Å²) in [4.78, 5) is 0. The Labute approximate surface area is 70.8 Å². The molecule has 1 saturated carbocycles. The summed E-state index contributed by atoms with van der Waals surface area (Å²) >= 11 is 0. The summed E-state index contributed by atoms with van der Waals surface area (Å²) in [5.74, 6) is 1.30. The van der Waals surface area contributed by atoms with Crippen molar-refractivity contribution in [2.75, 3.05) is 6.54 Å². The van der Waals surface area contributed by atoms with Crippen LogP contribution in [0.2, 0.25) is 0 Å². The van der Waals surface area contributed by atoms with Crippen LogP contribution in [0.3, 0.4) is 0 Å². The summed E-state index contributed by atoms with van der Waals surface area (Å²) in [6, 6.07) is 0.322. The first-order valence-electron chi connectivity index (χ1n) is 4.45. The molecule has 0 aromatic rings. The van der Waals surface area contributed by atoms with E-state index in [2.05, 4.69) is 17.5 Å². The second kappa shape index (κ2) is 3.13. The molecule has 12 heavy (non-hydrogen) atoms. The number of nitrogens with one attached hydrogen (secondary N) is 1. The second-order valence-corrected chi connectivity index (χ2v) is 3.64. The van der Waals surface area contributed by atoms with Crippen LogP contribution in [0.5, 0.6) is 0 Å². The van der Waals surface area contributed by atoms with Crippen LogP contribution in [0.1, 0.15) is 12.8 Å². The van der Waals surface area contributed by atoms with Crippen molar-refractivity contribution in [2.24, 2.45) is 11.8 Å². The first-order chi connectivity index (χ1) is 5.77. The quantitative estimate of drug-likeness (QED) is 0.642. The van der Waals surface area contributed by atoms with Crippen LogP contribution in [-0.2, 0) is 0 Å². The van der Waals surface area contributed by atoms with Crippen LogP contribution in [0.15, 0.2) is 12.2 Å². The third kappa shape index (κ3) is 1.38. The van der Waals surface area contributed by atoms with Crippen molar-refractivity contribution in [3.8, 4) is 0 Å². The van der Waals surface area contributed by atoms with E-state index in [-0.39, 0.29) is 6.54 Å². The molecule has 1 N–H and O–H groups in total. The van der Waals surface area contributed by atoms with Gasteiger partial charge >= 0.3 is 0 Å². The zero-order valence-electron chi connectivity index (χ0n) is 6.84. The van der Waals surface area contributed by atoms with Gasteiger partial charge in [-0.2, -0.15) is 0 Å². The summed E-state index contributed by atoms with van der Waals surface area (Å²) in [7, 11) is 0. The van der Waals surface area contributed by atoms with Gasteiger partial charge < -0.3 is 5.32 Å². The summed E-state index contributed by atoms with van der Waals surface area (Å²) < 4.78 is 23.6. The fraction of sp³-hybridized carbons (Fsp3) is 0.778. The zero-order valence-corrected chi connectivity index (χ0v) is 6.84. The third-order valence-corrected chi connectivity index (χ3v) is 2.90. The Morgan fingerprint density at radius 1 is 1.50 bits per heavy atom. The molecule has 3 atom stereocenters. The zero-order chi connectivity index (χ0) is 8.55. The van der Waals surface area contributed by atoms with Crippen LogP contribution in [0.25, 0.3) is 0 Å². The number of alkyl halides is 2. The highest BCUT2D eigenvalue weighted by atomic mass is 19.3. The number of allylic oxidation sites excluding steroid dienone is 1. The van der Waals surface area contributed by atoms with E-state index in [0.29, 0.717) is 12.0 Å². The monoisotopic (exact) mass is 173 g/mol. The predicted octanol–water partition coefficient (Wildman–Crippen LogP) is 1.81. The average Bonchev–Trinajstić information content (AvgIpc) is 2.32. The number of hydrogen-bond acceptors (Lipinski definition) is 1. The normalized spacial score (nSPS) is 38.4. The largest absolute Gasteiger partial charge is 0.308 e. The van der Waals surface area contributed by atoms with E-state index in [0.717, 1.165) is 18.8 Å². The Kier molecular flexibility index (Phi) is 2.13. The van der Waals surface area contributed by atoms with E-state index in [1.165, 1.54) is 0 Å². The second-order valence-electron chi connectivity index (χ2n) is 3.64. The minimum Gasteiger partial charge on any atom is -0.308 e. The minimum atomic E-state index is -2.21. The van der Waals surface area contributed by atoms with Crippen LogP contribution in [-0.4, -0.2) is 19.0 Å². The molecule has 3 heteroatoms. The van der Waals surface area contributed by atoms with Crippen LogP contribution in [0.4, 0.5) is 8.78 Å². The highest BCUT2D eigenvalue weighted by Crippen LogP contribution is 2.42. The number of halogens is 2. The first kappa shape index (κ1) is 8.17. The third-order valence-electron chi connectivity index (χ3n) is 2.90. The Morgan fingerprint density at radius 2 is 2.33 bits per heavy atom. The van der Waals surface area contributed by atoms with Gasteiger partial charge in [-0.1, -0.05) is 12.2 Å². The lowest BCUT2D eigenvalue weighted by Crippen LogP contribution is -2.49. The van der Waals surface area contributed by atoms with Crippen molar-refractivity contribution in [2.45, 2.75) is 25.3 Å². The van der Waals surface area contributed by atoms with Crippen molar-refractivity contribution < 1.29 is 8.78 Å². The summed E-state index contributed by atoms with van der Waals surface area (Å²) in [5, 5.41) is 2.89. The average molecular weight is 173 g/mol. The highest BCUT2D eigenvalue weighted by Gasteiger charge is 2.40. The van der Waals surface area contributed by atoms with Crippen LogP contribution >= 0.6 is 0 Å². The standard InChI is InChI=1S/C9H13F2N/c10-9(11)5-12-8-4-6-2-1-3-7(6)8/h1,3,6-9,12H,2,4-5H2. The van der Waals surface area contributed by atoms with E-state index in [1.54, 1.807) is 0 Å². The van der Waals surface area contributed by atoms with Gasteiger partial charge in [0, 0.05) is 6.04 Å². The molecule has 0 heterocycles. The maximum absolute atomic E-state index is 11.8. The molecule has 3 unspecified atom stereocenters. The Bertz CT molecular complexity index is 191.